The van der Waals surface area contributed by atoms with Crippen molar-refractivity contribution < 1.29 is 28.2 Å². The summed E-state index contributed by atoms with van der Waals surface area (Å²) in [4.78, 5) is 40.8. The largest absolute Gasteiger partial charge is 0.496 e. The number of urea groups is 1. The lowest BCUT2D eigenvalue weighted by Gasteiger charge is -2.13. The molecule has 3 N–H and O–H groups in total. The van der Waals surface area contributed by atoms with Gasteiger partial charge in [-0.25, -0.2) is 9.18 Å². The Bertz CT molecular complexity index is 1480. The highest BCUT2D eigenvalue weighted by Crippen LogP contribution is 2.34. The minimum atomic E-state index is -0.787. The third kappa shape index (κ3) is 5.99. The van der Waals surface area contributed by atoms with Gasteiger partial charge in [0.1, 0.15) is 11.5 Å². The van der Waals surface area contributed by atoms with Crippen LogP contribution in [-0.4, -0.2) is 37.0 Å². The Hall–Kier alpha value is -4.99. The van der Waals surface area contributed by atoms with Crippen LogP contribution in [-0.2, 0) is 11.2 Å². The maximum atomic E-state index is 14.9. The average Bonchev–Trinajstić information content (AvgIpc) is 2.89. The van der Waals surface area contributed by atoms with Crippen molar-refractivity contribution in [1.82, 2.24) is 15.6 Å². The van der Waals surface area contributed by atoms with Gasteiger partial charge in [0.15, 0.2) is 11.6 Å². The second kappa shape index (κ2) is 11.2. The monoisotopic (exact) mass is 502 g/mol. The van der Waals surface area contributed by atoms with Crippen LogP contribution in [0.5, 0.6) is 17.2 Å². The first kappa shape index (κ1) is 25.1. The number of amides is 4. The summed E-state index contributed by atoms with van der Waals surface area (Å²) < 4.78 is 25.9. The van der Waals surface area contributed by atoms with Crippen molar-refractivity contribution in [2.24, 2.45) is 0 Å². The number of hydrogen-bond donors (Lipinski definition) is 3. The fourth-order valence-electron chi connectivity index (χ4n) is 3.61. The highest BCUT2D eigenvalue weighted by atomic mass is 19.1. The van der Waals surface area contributed by atoms with Crippen LogP contribution in [0.3, 0.4) is 0 Å². The molecule has 4 amide bonds. The number of fused-ring (bicyclic) bond motifs is 1. The van der Waals surface area contributed by atoms with Crippen LogP contribution in [0, 0.1) is 5.82 Å². The predicted molar refractivity (Wildman–Crippen MR) is 135 cm³/mol. The number of pyridine rings is 1. The minimum Gasteiger partial charge on any atom is -0.496 e. The van der Waals surface area contributed by atoms with Gasteiger partial charge in [0.05, 0.1) is 24.6 Å². The standard InChI is InChI=1S/C27H23FN4O5/c1-29-26(34)19-14-18-21(15-24(19)36-2)30-11-10-22(18)37-23-9-8-17(13-20(23)28)31-27(35)32-25(33)12-16-6-4-3-5-7-16/h3-11,13-15H,12H2,1-2H3,(H,29,34)(H2,31,32,33,35). The molecule has 1 aromatic heterocycles. The molecular weight excluding hydrogens is 479 g/mol. The number of imide groups is 1. The molecule has 0 saturated heterocycles. The predicted octanol–water partition coefficient (Wildman–Crippen LogP) is 4.43. The first-order chi connectivity index (χ1) is 17.9. The molecule has 188 valence electrons. The molecule has 0 spiro atoms. The normalized spacial score (nSPS) is 10.5. The molecule has 0 radical (unpaired) electrons. The van der Waals surface area contributed by atoms with Gasteiger partial charge in [-0.15, -0.1) is 0 Å². The molecule has 0 atom stereocenters. The Balaban J connectivity index is 1.48. The SMILES string of the molecule is CNC(=O)c1cc2c(Oc3ccc(NC(=O)NC(=O)Cc4ccccc4)cc3F)ccnc2cc1OC. The number of halogens is 1. The van der Waals surface area contributed by atoms with E-state index in [-0.39, 0.29) is 35.1 Å². The third-order valence-corrected chi connectivity index (χ3v) is 5.36. The summed E-state index contributed by atoms with van der Waals surface area (Å²) in [6, 6.07) is 16.7. The lowest BCUT2D eigenvalue weighted by molar-refractivity contribution is -0.119. The molecular formula is C27H23FN4O5. The van der Waals surface area contributed by atoms with Gasteiger partial charge in [0, 0.05) is 36.5 Å². The maximum absolute atomic E-state index is 14.9. The Morgan fingerprint density at radius 3 is 2.43 bits per heavy atom. The van der Waals surface area contributed by atoms with Gasteiger partial charge < -0.3 is 20.1 Å². The molecule has 3 aromatic carbocycles. The minimum absolute atomic E-state index is 0.0305. The summed E-state index contributed by atoms with van der Waals surface area (Å²) in [5, 5.41) is 7.65. The number of nitrogens with one attached hydrogen (secondary N) is 3. The summed E-state index contributed by atoms with van der Waals surface area (Å²) in [5.41, 5.74) is 1.63. The summed E-state index contributed by atoms with van der Waals surface area (Å²) in [6.07, 6.45) is 1.52. The van der Waals surface area contributed by atoms with Crippen molar-refractivity contribution >= 4 is 34.4 Å². The summed E-state index contributed by atoms with van der Waals surface area (Å²) in [5.74, 6) is -1.13. The molecule has 0 aliphatic heterocycles. The quantitative estimate of drug-likeness (QED) is 0.344. The third-order valence-electron chi connectivity index (χ3n) is 5.36. The van der Waals surface area contributed by atoms with Gasteiger partial charge in [-0.2, -0.15) is 0 Å². The molecule has 0 aliphatic carbocycles. The Morgan fingerprint density at radius 2 is 1.73 bits per heavy atom. The molecule has 4 aromatic rings. The van der Waals surface area contributed by atoms with Crippen molar-refractivity contribution in [2.75, 3.05) is 19.5 Å². The van der Waals surface area contributed by atoms with Crippen molar-refractivity contribution in [3.63, 3.8) is 0 Å². The van der Waals surface area contributed by atoms with E-state index in [1.165, 1.54) is 32.5 Å². The van der Waals surface area contributed by atoms with Crippen LogP contribution < -0.4 is 25.4 Å². The molecule has 37 heavy (non-hydrogen) atoms. The number of carbonyl (C=O) groups excluding carboxylic acids is 3. The van der Waals surface area contributed by atoms with Crippen LogP contribution >= 0.6 is 0 Å². The van der Waals surface area contributed by atoms with Crippen molar-refractivity contribution in [3.05, 3.63) is 89.9 Å². The number of hydrogen-bond acceptors (Lipinski definition) is 6. The topological polar surface area (TPSA) is 119 Å². The van der Waals surface area contributed by atoms with Crippen molar-refractivity contribution in [2.45, 2.75) is 6.42 Å². The first-order valence-corrected chi connectivity index (χ1v) is 11.2. The van der Waals surface area contributed by atoms with E-state index in [0.29, 0.717) is 16.7 Å². The molecule has 4 rings (SSSR count). The van der Waals surface area contributed by atoms with Gasteiger partial charge in [-0.1, -0.05) is 30.3 Å². The zero-order valence-electron chi connectivity index (χ0n) is 20.0. The molecule has 0 bridgehead atoms. The van der Waals surface area contributed by atoms with Crippen LogP contribution in [0.1, 0.15) is 15.9 Å². The molecule has 9 nitrogen and oxygen atoms in total. The van der Waals surface area contributed by atoms with Gasteiger partial charge in [-0.05, 0) is 29.8 Å². The Kier molecular flexibility index (Phi) is 7.58. The highest BCUT2D eigenvalue weighted by molar-refractivity contribution is 6.02. The van der Waals surface area contributed by atoms with E-state index in [2.05, 4.69) is 20.9 Å². The number of benzene rings is 3. The van der Waals surface area contributed by atoms with E-state index in [4.69, 9.17) is 9.47 Å². The van der Waals surface area contributed by atoms with Crippen molar-refractivity contribution in [1.29, 1.82) is 0 Å². The molecule has 1 heterocycles. The zero-order valence-corrected chi connectivity index (χ0v) is 20.0. The van der Waals surface area contributed by atoms with Crippen LogP contribution in [0.15, 0.2) is 72.9 Å². The lowest BCUT2D eigenvalue weighted by Crippen LogP contribution is -2.35. The summed E-state index contributed by atoms with van der Waals surface area (Å²) in [6.45, 7) is 0. The smallest absolute Gasteiger partial charge is 0.325 e. The van der Waals surface area contributed by atoms with Gasteiger partial charge >= 0.3 is 6.03 Å². The summed E-state index contributed by atoms with van der Waals surface area (Å²) in [7, 11) is 2.94. The highest BCUT2D eigenvalue weighted by Gasteiger charge is 2.17. The number of aromatic nitrogens is 1. The lowest BCUT2D eigenvalue weighted by atomic mass is 10.1. The molecule has 0 saturated carbocycles. The number of carbonyl (C=O) groups is 3. The van der Waals surface area contributed by atoms with Crippen LogP contribution in [0.25, 0.3) is 10.9 Å². The van der Waals surface area contributed by atoms with Crippen molar-refractivity contribution in [3.8, 4) is 17.2 Å². The zero-order chi connectivity index (χ0) is 26.4. The fourth-order valence-corrected chi connectivity index (χ4v) is 3.61. The Labute approximate surface area is 211 Å². The average molecular weight is 503 g/mol. The van der Waals surface area contributed by atoms with E-state index in [0.717, 1.165) is 11.6 Å². The van der Waals surface area contributed by atoms with Gasteiger partial charge in [-0.3, -0.25) is 19.9 Å². The molecule has 10 heteroatoms. The van der Waals surface area contributed by atoms with E-state index < -0.39 is 17.8 Å². The second-order valence-corrected chi connectivity index (χ2v) is 7.87. The molecule has 0 aliphatic rings. The Morgan fingerprint density at radius 1 is 0.946 bits per heavy atom. The second-order valence-electron chi connectivity index (χ2n) is 7.87. The molecule has 0 unspecified atom stereocenters. The van der Waals surface area contributed by atoms with Gasteiger partial charge in [0.2, 0.25) is 5.91 Å². The van der Waals surface area contributed by atoms with E-state index in [1.807, 2.05) is 6.07 Å². The van der Waals surface area contributed by atoms with E-state index >= 15 is 0 Å². The number of ether oxygens (including phenoxy) is 2. The number of nitrogens with zero attached hydrogens (tertiary/aromatic N) is 1. The summed E-state index contributed by atoms with van der Waals surface area (Å²) >= 11 is 0. The van der Waals surface area contributed by atoms with Crippen LogP contribution in [0.4, 0.5) is 14.9 Å². The number of methoxy groups -OCH3 is 1. The molecule has 0 fully saturated rings. The fraction of sp³-hybridized carbons (Fsp3) is 0.111. The number of rotatable bonds is 7. The van der Waals surface area contributed by atoms with E-state index in [9.17, 15) is 18.8 Å². The van der Waals surface area contributed by atoms with Crippen LogP contribution in [0.2, 0.25) is 0 Å². The van der Waals surface area contributed by atoms with Gasteiger partial charge in [0.25, 0.3) is 5.91 Å². The number of anilines is 1. The maximum Gasteiger partial charge on any atom is 0.325 e. The van der Waals surface area contributed by atoms with E-state index in [1.54, 1.807) is 42.5 Å². The first-order valence-electron chi connectivity index (χ1n) is 11.2.